The molecule has 0 heterocycles. The van der Waals surface area contributed by atoms with Gasteiger partial charge in [0.2, 0.25) is 0 Å². The van der Waals surface area contributed by atoms with Crippen molar-refractivity contribution in [2.75, 3.05) is 23.1 Å². The summed E-state index contributed by atoms with van der Waals surface area (Å²) in [7, 11) is 1.60. The zero-order chi connectivity index (χ0) is 19.9. The number of thiocarbonyl (C=S) groups is 1. The van der Waals surface area contributed by atoms with Gasteiger partial charge in [0, 0.05) is 22.6 Å². The van der Waals surface area contributed by atoms with Crippen molar-refractivity contribution in [3.8, 4) is 5.75 Å². The smallest absolute Gasteiger partial charge is 0.255 e. The Morgan fingerprint density at radius 3 is 2.07 bits per heavy atom. The first-order valence-electron chi connectivity index (χ1n) is 8.73. The number of ether oxygens (including phenoxy) is 1. The minimum absolute atomic E-state index is 0.183. The highest BCUT2D eigenvalue weighted by Gasteiger charge is 2.07. The third-order valence-electron chi connectivity index (χ3n) is 4.03. The summed E-state index contributed by atoms with van der Waals surface area (Å²) >= 11 is 5.34. The van der Waals surface area contributed by atoms with Crippen LogP contribution in [0.1, 0.15) is 15.9 Å². The number of anilines is 3. The first kappa shape index (κ1) is 19.4. The van der Waals surface area contributed by atoms with Gasteiger partial charge in [-0.1, -0.05) is 12.1 Å². The van der Waals surface area contributed by atoms with Gasteiger partial charge in [-0.15, -0.1) is 0 Å². The molecule has 0 spiro atoms. The standard InChI is InChI=1S/C22H21N3O2S/c1-15-4-3-5-19(14-15)25-22(28)24-18-8-6-16(7-9-18)21(26)23-17-10-12-20(27-2)13-11-17/h3-14H,1-2H3,(H,23,26)(H2,24,25,28). The van der Waals surface area contributed by atoms with Gasteiger partial charge in [0.25, 0.3) is 5.91 Å². The summed E-state index contributed by atoms with van der Waals surface area (Å²) in [4.78, 5) is 12.4. The molecular formula is C22H21N3O2S. The molecule has 0 radical (unpaired) electrons. The SMILES string of the molecule is COc1ccc(NC(=O)c2ccc(NC(=S)Nc3cccc(C)c3)cc2)cc1. The molecule has 142 valence electrons. The second-order valence-corrected chi connectivity index (χ2v) is 6.62. The van der Waals surface area contributed by atoms with Gasteiger partial charge in [-0.25, -0.2) is 0 Å². The third-order valence-corrected chi connectivity index (χ3v) is 4.23. The molecule has 3 N–H and O–H groups in total. The van der Waals surface area contributed by atoms with E-state index in [-0.39, 0.29) is 5.91 Å². The van der Waals surface area contributed by atoms with Crippen LogP contribution >= 0.6 is 12.2 Å². The number of carbonyl (C=O) groups excluding carboxylic acids is 1. The summed E-state index contributed by atoms with van der Waals surface area (Å²) in [5.41, 5.74) is 4.13. The molecule has 0 aromatic heterocycles. The summed E-state index contributed by atoms with van der Waals surface area (Å²) in [6.45, 7) is 2.03. The molecule has 5 nitrogen and oxygen atoms in total. The van der Waals surface area contributed by atoms with Gasteiger partial charge in [-0.3, -0.25) is 4.79 Å². The van der Waals surface area contributed by atoms with E-state index in [9.17, 15) is 4.79 Å². The zero-order valence-corrected chi connectivity index (χ0v) is 16.5. The lowest BCUT2D eigenvalue weighted by Gasteiger charge is -2.11. The van der Waals surface area contributed by atoms with Crippen LogP contribution in [-0.4, -0.2) is 18.1 Å². The highest BCUT2D eigenvalue weighted by atomic mass is 32.1. The molecule has 3 aromatic rings. The molecule has 28 heavy (non-hydrogen) atoms. The molecule has 0 aliphatic heterocycles. The van der Waals surface area contributed by atoms with E-state index in [1.807, 2.05) is 43.3 Å². The fourth-order valence-electron chi connectivity index (χ4n) is 2.60. The Bertz CT molecular complexity index is 970. The predicted molar refractivity (Wildman–Crippen MR) is 118 cm³/mol. The molecule has 0 saturated heterocycles. The van der Waals surface area contributed by atoms with Crippen LogP contribution in [0.2, 0.25) is 0 Å². The maximum atomic E-state index is 12.4. The molecule has 0 fully saturated rings. The Balaban J connectivity index is 1.57. The van der Waals surface area contributed by atoms with Crippen LogP contribution in [0.15, 0.2) is 72.8 Å². The molecule has 6 heteroatoms. The second kappa shape index (κ2) is 9.01. The lowest BCUT2D eigenvalue weighted by molar-refractivity contribution is 0.102. The van der Waals surface area contributed by atoms with E-state index in [0.29, 0.717) is 16.4 Å². The van der Waals surface area contributed by atoms with Crippen molar-refractivity contribution < 1.29 is 9.53 Å². The Morgan fingerprint density at radius 2 is 1.43 bits per heavy atom. The van der Waals surface area contributed by atoms with Crippen molar-refractivity contribution in [2.24, 2.45) is 0 Å². The summed E-state index contributed by atoms with van der Waals surface area (Å²) in [5.74, 6) is 0.556. The number of nitrogens with one attached hydrogen (secondary N) is 3. The van der Waals surface area contributed by atoms with Crippen molar-refractivity contribution in [3.63, 3.8) is 0 Å². The van der Waals surface area contributed by atoms with Crippen molar-refractivity contribution in [1.82, 2.24) is 0 Å². The average Bonchev–Trinajstić information content (AvgIpc) is 2.69. The molecule has 0 saturated carbocycles. The van der Waals surface area contributed by atoms with Gasteiger partial charge >= 0.3 is 0 Å². The van der Waals surface area contributed by atoms with E-state index in [1.54, 1.807) is 43.5 Å². The lowest BCUT2D eigenvalue weighted by Crippen LogP contribution is -2.19. The average molecular weight is 391 g/mol. The van der Waals surface area contributed by atoms with Crippen molar-refractivity contribution in [2.45, 2.75) is 6.92 Å². The van der Waals surface area contributed by atoms with E-state index in [0.717, 1.165) is 22.7 Å². The maximum Gasteiger partial charge on any atom is 0.255 e. The second-order valence-electron chi connectivity index (χ2n) is 6.21. The minimum Gasteiger partial charge on any atom is -0.497 e. The summed E-state index contributed by atoms with van der Waals surface area (Å²) in [6, 6.07) is 22.3. The maximum absolute atomic E-state index is 12.4. The summed E-state index contributed by atoms with van der Waals surface area (Å²) in [6.07, 6.45) is 0. The van der Waals surface area contributed by atoms with Gasteiger partial charge in [0.05, 0.1) is 7.11 Å². The quantitative estimate of drug-likeness (QED) is 0.530. The minimum atomic E-state index is -0.183. The highest BCUT2D eigenvalue weighted by Crippen LogP contribution is 2.17. The monoisotopic (exact) mass is 391 g/mol. The van der Waals surface area contributed by atoms with Gasteiger partial charge in [0.1, 0.15) is 5.75 Å². The molecule has 0 atom stereocenters. The number of benzene rings is 3. The van der Waals surface area contributed by atoms with Crippen LogP contribution in [-0.2, 0) is 0 Å². The Morgan fingerprint density at radius 1 is 0.821 bits per heavy atom. The van der Waals surface area contributed by atoms with E-state index in [2.05, 4.69) is 16.0 Å². The fourth-order valence-corrected chi connectivity index (χ4v) is 2.83. The zero-order valence-electron chi connectivity index (χ0n) is 15.7. The van der Waals surface area contributed by atoms with Crippen LogP contribution < -0.4 is 20.7 Å². The normalized spacial score (nSPS) is 10.1. The molecule has 0 aliphatic carbocycles. The Hall–Kier alpha value is -3.38. The Labute approximate surface area is 169 Å². The van der Waals surface area contributed by atoms with Crippen LogP contribution in [0, 0.1) is 6.92 Å². The fraction of sp³-hybridized carbons (Fsp3) is 0.0909. The molecule has 1 amide bonds. The topological polar surface area (TPSA) is 62.4 Å². The van der Waals surface area contributed by atoms with Gasteiger partial charge in [0.15, 0.2) is 5.11 Å². The Kier molecular flexibility index (Phi) is 6.24. The number of hydrogen-bond donors (Lipinski definition) is 3. The molecule has 0 bridgehead atoms. The van der Waals surface area contributed by atoms with Crippen LogP contribution in [0.4, 0.5) is 17.1 Å². The van der Waals surface area contributed by atoms with Crippen molar-refractivity contribution in [3.05, 3.63) is 83.9 Å². The highest BCUT2D eigenvalue weighted by molar-refractivity contribution is 7.80. The lowest BCUT2D eigenvalue weighted by atomic mass is 10.2. The predicted octanol–water partition coefficient (Wildman–Crippen LogP) is 5.06. The van der Waals surface area contributed by atoms with Crippen molar-refractivity contribution in [1.29, 1.82) is 0 Å². The van der Waals surface area contributed by atoms with E-state index in [4.69, 9.17) is 17.0 Å². The number of hydrogen-bond acceptors (Lipinski definition) is 3. The number of carbonyl (C=O) groups is 1. The molecular weight excluding hydrogens is 370 g/mol. The van der Waals surface area contributed by atoms with Gasteiger partial charge in [-0.05, 0) is 85.4 Å². The summed E-state index contributed by atoms with van der Waals surface area (Å²) < 4.78 is 5.11. The molecule has 0 unspecified atom stereocenters. The van der Waals surface area contributed by atoms with Crippen LogP contribution in [0.3, 0.4) is 0 Å². The number of methoxy groups -OCH3 is 1. The van der Waals surface area contributed by atoms with Gasteiger partial charge in [-0.2, -0.15) is 0 Å². The first-order valence-corrected chi connectivity index (χ1v) is 9.14. The van der Waals surface area contributed by atoms with Crippen LogP contribution in [0.25, 0.3) is 0 Å². The third kappa shape index (κ3) is 5.31. The van der Waals surface area contributed by atoms with Crippen LogP contribution in [0.5, 0.6) is 5.75 Å². The van der Waals surface area contributed by atoms with E-state index >= 15 is 0 Å². The number of amides is 1. The largest absolute Gasteiger partial charge is 0.497 e. The molecule has 3 rings (SSSR count). The first-order chi connectivity index (χ1) is 13.5. The summed E-state index contributed by atoms with van der Waals surface area (Å²) in [5, 5.41) is 9.60. The van der Waals surface area contributed by atoms with E-state index in [1.165, 1.54) is 0 Å². The molecule has 3 aromatic carbocycles. The number of aryl methyl sites for hydroxylation is 1. The van der Waals surface area contributed by atoms with Crippen molar-refractivity contribution >= 4 is 40.3 Å². The number of rotatable bonds is 5. The van der Waals surface area contributed by atoms with E-state index < -0.39 is 0 Å². The molecule has 0 aliphatic rings. The van der Waals surface area contributed by atoms with Gasteiger partial charge < -0.3 is 20.7 Å².